The molecule has 0 N–H and O–H groups in total. The number of imidazole rings is 1. The standard InChI is InChI=1S/C42H48N2/c1-9-34-26-42(34,10-2)38-20-19-32(39-29(7)15-14-16-30(39)8)23-37(38)41-43-21-22-44(41)40-35(27(3)4)24-33(25-36(40)28(5)6)31-17-12-11-13-18-31/h11-25,27-28,34H,9-10,26H2,1-8H3/t34-,42?/m1/s1. The maximum absolute atomic E-state index is 5.17. The number of benzene rings is 4. The summed E-state index contributed by atoms with van der Waals surface area (Å²) in [7, 11) is 0. The van der Waals surface area contributed by atoms with Crippen molar-refractivity contribution in [2.24, 2.45) is 5.92 Å². The second-order valence-corrected chi connectivity index (χ2v) is 13.6. The molecule has 1 unspecified atom stereocenters. The van der Waals surface area contributed by atoms with Gasteiger partial charge in [-0.2, -0.15) is 0 Å². The summed E-state index contributed by atoms with van der Waals surface area (Å²) >= 11 is 0. The number of hydrogen-bond acceptors (Lipinski definition) is 1. The number of aryl methyl sites for hydroxylation is 2. The van der Waals surface area contributed by atoms with Gasteiger partial charge in [0.25, 0.3) is 0 Å². The van der Waals surface area contributed by atoms with Gasteiger partial charge in [-0.05, 0) is 118 Å². The molecule has 2 heteroatoms. The highest BCUT2D eigenvalue weighted by atomic mass is 15.1. The van der Waals surface area contributed by atoms with Crippen molar-refractivity contribution in [1.82, 2.24) is 9.55 Å². The minimum absolute atomic E-state index is 0.221. The van der Waals surface area contributed by atoms with Crippen LogP contribution in [0.4, 0.5) is 0 Å². The lowest BCUT2D eigenvalue weighted by molar-refractivity contribution is 0.572. The fourth-order valence-corrected chi connectivity index (χ4v) is 7.78. The first-order valence-electron chi connectivity index (χ1n) is 16.7. The largest absolute Gasteiger partial charge is 0.299 e. The van der Waals surface area contributed by atoms with Crippen molar-refractivity contribution in [2.45, 2.75) is 91.9 Å². The van der Waals surface area contributed by atoms with Gasteiger partial charge in [0.05, 0.1) is 5.69 Å². The van der Waals surface area contributed by atoms with E-state index in [1.807, 2.05) is 6.20 Å². The highest BCUT2D eigenvalue weighted by molar-refractivity contribution is 5.79. The van der Waals surface area contributed by atoms with Crippen LogP contribution in [0, 0.1) is 19.8 Å². The number of rotatable bonds is 9. The van der Waals surface area contributed by atoms with Crippen molar-refractivity contribution < 1.29 is 0 Å². The van der Waals surface area contributed by atoms with E-state index in [-0.39, 0.29) is 5.41 Å². The molecule has 1 aliphatic rings. The van der Waals surface area contributed by atoms with Crippen LogP contribution in [0.5, 0.6) is 0 Å². The Morgan fingerprint density at radius 3 is 2.00 bits per heavy atom. The summed E-state index contributed by atoms with van der Waals surface area (Å²) in [6.07, 6.45) is 7.84. The Bertz CT molecular complexity index is 1740. The first kappa shape index (κ1) is 30.1. The highest BCUT2D eigenvalue weighted by Crippen LogP contribution is 2.60. The fraction of sp³-hybridized carbons (Fsp3) is 0.357. The Labute approximate surface area is 265 Å². The minimum atomic E-state index is 0.221. The zero-order valence-electron chi connectivity index (χ0n) is 27.9. The molecule has 0 saturated heterocycles. The maximum Gasteiger partial charge on any atom is 0.144 e. The van der Waals surface area contributed by atoms with E-state index in [0.29, 0.717) is 11.8 Å². The lowest BCUT2D eigenvalue weighted by Crippen LogP contribution is -2.13. The van der Waals surface area contributed by atoms with Gasteiger partial charge in [0.15, 0.2) is 0 Å². The van der Waals surface area contributed by atoms with Crippen LogP contribution in [0.15, 0.2) is 91.3 Å². The molecule has 0 aliphatic heterocycles. The summed E-state index contributed by atoms with van der Waals surface area (Å²) in [5, 5.41) is 0. The molecule has 4 aromatic carbocycles. The SMILES string of the molecule is CC[C@@H]1CC1(CC)c1ccc(-c2c(C)cccc2C)cc1-c1nccn1-c1c(C(C)C)cc(-c2ccccc2)cc1C(C)C. The fourth-order valence-electron chi connectivity index (χ4n) is 7.78. The van der Waals surface area contributed by atoms with Crippen molar-refractivity contribution >= 4 is 0 Å². The molecule has 1 aromatic heterocycles. The van der Waals surface area contributed by atoms with E-state index in [4.69, 9.17) is 4.98 Å². The van der Waals surface area contributed by atoms with Crippen LogP contribution in [0.2, 0.25) is 0 Å². The average molecular weight is 581 g/mol. The van der Waals surface area contributed by atoms with E-state index >= 15 is 0 Å². The maximum atomic E-state index is 5.17. The molecule has 0 bridgehead atoms. The van der Waals surface area contributed by atoms with Crippen LogP contribution in [-0.4, -0.2) is 9.55 Å². The molecule has 0 spiro atoms. The zero-order chi connectivity index (χ0) is 31.2. The molecular weight excluding hydrogens is 532 g/mol. The monoisotopic (exact) mass is 580 g/mol. The van der Waals surface area contributed by atoms with Crippen LogP contribution >= 0.6 is 0 Å². The van der Waals surface area contributed by atoms with Crippen LogP contribution in [-0.2, 0) is 5.41 Å². The van der Waals surface area contributed by atoms with Crippen molar-refractivity contribution in [1.29, 1.82) is 0 Å². The summed E-state index contributed by atoms with van der Waals surface area (Å²) in [6.45, 7) is 18.5. The van der Waals surface area contributed by atoms with Gasteiger partial charge >= 0.3 is 0 Å². The predicted octanol–water partition coefficient (Wildman–Crippen LogP) is 11.8. The van der Waals surface area contributed by atoms with Crippen molar-refractivity contribution in [3.63, 3.8) is 0 Å². The van der Waals surface area contributed by atoms with Gasteiger partial charge in [-0.15, -0.1) is 0 Å². The van der Waals surface area contributed by atoms with Gasteiger partial charge in [0.1, 0.15) is 5.82 Å². The first-order chi connectivity index (χ1) is 21.2. The quantitative estimate of drug-likeness (QED) is 0.170. The molecule has 1 aliphatic carbocycles. The topological polar surface area (TPSA) is 17.8 Å². The molecular formula is C42H48N2. The van der Waals surface area contributed by atoms with Crippen LogP contribution < -0.4 is 0 Å². The molecule has 0 amide bonds. The summed E-state index contributed by atoms with van der Waals surface area (Å²) in [5.41, 5.74) is 14.8. The van der Waals surface area contributed by atoms with Gasteiger partial charge in [0.2, 0.25) is 0 Å². The smallest absolute Gasteiger partial charge is 0.144 e. The Balaban J connectivity index is 1.62. The number of nitrogens with zero attached hydrogens (tertiary/aromatic N) is 2. The molecule has 2 atom stereocenters. The third-order valence-electron chi connectivity index (χ3n) is 10.3. The Hall–Kier alpha value is -3.91. The van der Waals surface area contributed by atoms with E-state index < -0.39 is 0 Å². The average Bonchev–Trinajstić information content (AvgIpc) is 3.56. The lowest BCUT2D eigenvalue weighted by Gasteiger charge is -2.26. The molecule has 1 fully saturated rings. The summed E-state index contributed by atoms with van der Waals surface area (Å²) in [6, 6.07) is 29.5. The zero-order valence-corrected chi connectivity index (χ0v) is 27.9. The molecule has 6 rings (SSSR count). The normalized spacial score (nSPS) is 17.9. The Morgan fingerprint density at radius 1 is 0.773 bits per heavy atom. The van der Waals surface area contributed by atoms with E-state index in [0.717, 1.165) is 18.2 Å². The summed E-state index contributed by atoms with van der Waals surface area (Å²) < 4.78 is 2.42. The van der Waals surface area contributed by atoms with E-state index in [2.05, 4.69) is 145 Å². The van der Waals surface area contributed by atoms with Gasteiger partial charge < -0.3 is 0 Å². The lowest BCUT2D eigenvalue weighted by atomic mass is 9.83. The van der Waals surface area contributed by atoms with Crippen LogP contribution in [0.3, 0.4) is 0 Å². The Morgan fingerprint density at radius 2 is 1.43 bits per heavy atom. The van der Waals surface area contributed by atoms with Crippen LogP contribution in [0.25, 0.3) is 39.3 Å². The van der Waals surface area contributed by atoms with Crippen molar-refractivity contribution in [2.75, 3.05) is 0 Å². The molecule has 0 radical (unpaired) electrons. The first-order valence-corrected chi connectivity index (χ1v) is 16.7. The molecule has 1 heterocycles. The molecule has 2 nitrogen and oxygen atoms in total. The van der Waals surface area contributed by atoms with Gasteiger partial charge in [-0.1, -0.05) is 109 Å². The third-order valence-corrected chi connectivity index (χ3v) is 10.3. The van der Waals surface area contributed by atoms with Crippen molar-refractivity contribution in [3.8, 4) is 39.3 Å². The van der Waals surface area contributed by atoms with Gasteiger partial charge in [-0.3, -0.25) is 4.57 Å². The Kier molecular flexibility index (Phi) is 8.14. The number of hydrogen-bond donors (Lipinski definition) is 0. The van der Waals surface area contributed by atoms with Gasteiger partial charge in [-0.25, -0.2) is 4.98 Å². The van der Waals surface area contributed by atoms with E-state index in [9.17, 15) is 0 Å². The van der Waals surface area contributed by atoms with Crippen LogP contribution in [0.1, 0.15) is 100 Å². The third kappa shape index (κ3) is 5.13. The second-order valence-electron chi connectivity index (χ2n) is 13.6. The summed E-state index contributed by atoms with van der Waals surface area (Å²) in [5.74, 6) is 2.50. The second kappa shape index (κ2) is 11.9. The van der Waals surface area contributed by atoms with E-state index in [1.165, 1.54) is 74.2 Å². The molecule has 226 valence electrons. The highest BCUT2D eigenvalue weighted by Gasteiger charge is 2.53. The predicted molar refractivity (Wildman–Crippen MR) is 188 cm³/mol. The molecule has 44 heavy (non-hydrogen) atoms. The summed E-state index contributed by atoms with van der Waals surface area (Å²) in [4.78, 5) is 5.17. The van der Waals surface area contributed by atoms with Gasteiger partial charge in [0, 0.05) is 18.0 Å². The minimum Gasteiger partial charge on any atom is -0.299 e. The molecule has 1 saturated carbocycles. The van der Waals surface area contributed by atoms with Crippen molar-refractivity contribution in [3.05, 3.63) is 119 Å². The number of aromatic nitrogens is 2. The molecule has 5 aromatic rings. The van der Waals surface area contributed by atoms with E-state index in [1.54, 1.807) is 0 Å².